The van der Waals surface area contributed by atoms with Crippen molar-refractivity contribution < 1.29 is 22.5 Å². The third-order valence-corrected chi connectivity index (χ3v) is 3.78. The molecule has 1 aliphatic heterocycles. The lowest BCUT2D eigenvalue weighted by Crippen LogP contribution is -2.39. The van der Waals surface area contributed by atoms with Crippen LogP contribution < -0.4 is 5.73 Å². The fraction of sp³-hybridized carbons (Fsp3) is 0.462. The molecule has 0 aliphatic carbocycles. The number of alkyl halides is 3. The molecule has 124 valence electrons. The first kappa shape index (κ1) is 15.4. The minimum absolute atomic E-state index is 0.00232. The van der Waals surface area contributed by atoms with E-state index in [-0.39, 0.29) is 5.92 Å². The number of hydrogen-bond acceptors (Lipinski definition) is 5. The number of nitrogen functional groups attached to an aromatic ring is 1. The highest BCUT2D eigenvalue weighted by Gasteiger charge is 2.37. The molecule has 3 heterocycles. The smallest absolute Gasteiger partial charge is 0.382 e. The van der Waals surface area contributed by atoms with Gasteiger partial charge in [-0.05, 0) is 12.8 Å². The quantitative estimate of drug-likeness (QED) is 0.878. The molecule has 1 unspecified atom stereocenters. The van der Waals surface area contributed by atoms with Gasteiger partial charge in [0.05, 0.1) is 0 Å². The molecule has 3 N–H and O–H groups in total. The molecule has 0 spiro atoms. The number of halogens is 3. The zero-order valence-corrected chi connectivity index (χ0v) is 11.9. The molecule has 0 radical (unpaired) electrons. The van der Waals surface area contributed by atoms with Crippen molar-refractivity contribution in [3.8, 4) is 0 Å². The fourth-order valence-electron chi connectivity index (χ4n) is 2.64. The van der Waals surface area contributed by atoms with Crippen molar-refractivity contribution in [2.24, 2.45) is 0 Å². The number of amides is 1. The van der Waals surface area contributed by atoms with E-state index in [1.807, 2.05) is 0 Å². The molecule has 10 heteroatoms. The Morgan fingerprint density at radius 1 is 1.43 bits per heavy atom. The largest absolute Gasteiger partial charge is 0.436 e. The van der Waals surface area contributed by atoms with Gasteiger partial charge in [-0.1, -0.05) is 5.16 Å². The highest BCUT2D eigenvalue weighted by atomic mass is 19.4. The second-order valence-electron chi connectivity index (χ2n) is 5.41. The summed E-state index contributed by atoms with van der Waals surface area (Å²) >= 11 is 0. The van der Waals surface area contributed by atoms with Gasteiger partial charge >= 0.3 is 6.18 Å². The average Bonchev–Trinajstić information content (AvgIpc) is 3.15. The number of aromatic amines is 1. The lowest BCUT2D eigenvalue weighted by Gasteiger charge is -2.31. The van der Waals surface area contributed by atoms with Crippen molar-refractivity contribution in [3.05, 3.63) is 29.3 Å². The lowest BCUT2D eigenvalue weighted by molar-refractivity contribution is -0.142. The summed E-state index contributed by atoms with van der Waals surface area (Å²) in [6.07, 6.45) is -3.09. The van der Waals surface area contributed by atoms with Crippen molar-refractivity contribution in [1.29, 1.82) is 0 Å². The Bertz CT molecular complexity index is 709. The SMILES string of the molecule is Nc1cc(C2CCCN(C(=O)c3cc(C(F)(F)F)no3)C2)[nH]n1. The Morgan fingerprint density at radius 3 is 2.83 bits per heavy atom. The molecule has 0 aromatic carbocycles. The zero-order chi connectivity index (χ0) is 16.6. The van der Waals surface area contributed by atoms with Crippen LogP contribution in [0.25, 0.3) is 0 Å². The van der Waals surface area contributed by atoms with Crippen LogP contribution in [0.4, 0.5) is 19.0 Å². The predicted molar refractivity (Wildman–Crippen MR) is 72.4 cm³/mol. The number of hydrogen-bond donors (Lipinski definition) is 2. The molecule has 1 amide bonds. The Kier molecular flexibility index (Phi) is 3.74. The third kappa shape index (κ3) is 3.15. The molecule has 0 saturated carbocycles. The van der Waals surface area contributed by atoms with Gasteiger partial charge in [-0.15, -0.1) is 0 Å². The predicted octanol–water partition coefficient (Wildman–Crippen LogP) is 2.02. The van der Waals surface area contributed by atoms with E-state index < -0.39 is 23.5 Å². The molecular weight excluding hydrogens is 315 g/mol. The molecule has 1 aliphatic rings. The van der Waals surface area contributed by atoms with Crippen LogP contribution in [0.1, 0.15) is 40.7 Å². The van der Waals surface area contributed by atoms with Crippen LogP contribution in [0.5, 0.6) is 0 Å². The molecule has 2 aromatic rings. The number of piperidine rings is 1. The molecular formula is C13H14F3N5O2. The van der Waals surface area contributed by atoms with E-state index in [0.717, 1.165) is 18.5 Å². The summed E-state index contributed by atoms with van der Waals surface area (Å²) in [7, 11) is 0. The fourth-order valence-corrected chi connectivity index (χ4v) is 2.64. The van der Waals surface area contributed by atoms with E-state index in [9.17, 15) is 18.0 Å². The highest BCUT2D eigenvalue weighted by Crippen LogP contribution is 2.30. The summed E-state index contributed by atoms with van der Waals surface area (Å²) in [6, 6.07) is 2.31. The van der Waals surface area contributed by atoms with Crippen molar-refractivity contribution in [2.45, 2.75) is 24.9 Å². The maximum Gasteiger partial charge on any atom is 0.436 e. The number of nitrogens with zero attached hydrogens (tertiary/aromatic N) is 3. The van der Waals surface area contributed by atoms with E-state index in [1.165, 1.54) is 4.90 Å². The zero-order valence-electron chi connectivity index (χ0n) is 11.9. The van der Waals surface area contributed by atoms with Gasteiger partial charge in [0, 0.05) is 36.8 Å². The normalized spacial score (nSPS) is 19.1. The van der Waals surface area contributed by atoms with Gasteiger partial charge in [-0.25, -0.2) is 0 Å². The second kappa shape index (κ2) is 5.60. The lowest BCUT2D eigenvalue weighted by atomic mass is 9.94. The minimum Gasteiger partial charge on any atom is -0.382 e. The summed E-state index contributed by atoms with van der Waals surface area (Å²) in [4.78, 5) is 13.7. The molecule has 23 heavy (non-hydrogen) atoms. The number of nitrogens with one attached hydrogen (secondary N) is 1. The van der Waals surface area contributed by atoms with Crippen molar-refractivity contribution >= 4 is 11.7 Å². The number of likely N-dealkylation sites (tertiary alicyclic amines) is 1. The van der Waals surface area contributed by atoms with Gasteiger partial charge in [0.25, 0.3) is 5.91 Å². The topological polar surface area (TPSA) is 101 Å². The van der Waals surface area contributed by atoms with Crippen molar-refractivity contribution in [1.82, 2.24) is 20.3 Å². The van der Waals surface area contributed by atoms with Gasteiger partial charge in [-0.2, -0.15) is 18.3 Å². The molecule has 7 nitrogen and oxygen atoms in total. The summed E-state index contributed by atoms with van der Waals surface area (Å²) in [5.41, 5.74) is 5.15. The van der Waals surface area contributed by atoms with Crippen molar-refractivity contribution in [2.75, 3.05) is 18.8 Å². The number of H-pyrrole nitrogens is 1. The number of carbonyl (C=O) groups is 1. The second-order valence-corrected chi connectivity index (χ2v) is 5.41. The maximum atomic E-state index is 12.5. The van der Waals surface area contributed by atoms with Gasteiger partial charge in [0.15, 0.2) is 5.69 Å². The van der Waals surface area contributed by atoms with Crippen molar-refractivity contribution in [3.63, 3.8) is 0 Å². The number of aromatic nitrogens is 3. The van der Waals surface area contributed by atoms with E-state index in [4.69, 9.17) is 5.73 Å². The molecule has 0 bridgehead atoms. The Balaban J connectivity index is 1.73. The van der Waals surface area contributed by atoms with E-state index in [1.54, 1.807) is 6.07 Å². The Labute approximate surface area is 128 Å². The monoisotopic (exact) mass is 329 g/mol. The summed E-state index contributed by atoms with van der Waals surface area (Å²) in [6.45, 7) is 0.795. The number of anilines is 1. The van der Waals surface area contributed by atoms with Gasteiger partial charge in [0.2, 0.25) is 5.76 Å². The Morgan fingerprint density at radius 2 is 2.22 bits per heavy atom. The molecule has 1 fully saturated rings. The highest BCUT2D eigenvalue weighted by molar-refractivity contribution is 5.91. The maximum absolute atomic E-state index is 12.5. The Hall–Kier alpha value is -2.52. The minimum atomic E-state index is -4.64. The van der Waals surface area contributed by atoms with Crippen LogP contribution >= 0.6 is 0 Å². The number of nitrogens with two attached hydrogens (primary N) is 1. The summed E-state index contributed by atoms with van der Waals surface area (Å²) in [5, 5.41) is 9.55. The number of carbonyl (C=O) groups excluding carboxylic acids is 1. The third-order valence-electron chi connectivity index (χ3n) is 3.78. The summed E-state index contributed by atoms with van der Waals surface area (Å²) < 4.78 is 42.1. The van der Waals surface area contributed by atoms with Gasteiger partial charge in [0.1, 0.15) is 5.82 Å². The molecule has 3 rings (SSSR count). The first-order valence-corrected chi connectivity index (χ1v) is 6.98. The standard InChI is InChI=1S/C13H14F3N5O2/c14-13(15,16)10-5-9(23-20-10)12(22)21-3-1-2-7(6-21)8-4-11(17)19-18-8/h4-5,7H,1-3,6H2,(H3,17,18,19). The first-order valence-electron chi connectivity index (χ1n) is 6.98. The first-order chi connectivity index (χ1) is 10.8. The van der Waals surface area contributed by atoms with Crippen LogP contribution in [-0.2, 0) is 6.18 Å². The number of rotatable bonds is 2. The van der Waals surface area contributed by atoms with Gasteiger partial charge < -0.3 is 15.2 Å². The molecule has 2 aromatic heterocycles. The van der Waals surface area contributed by atoms with Crippen LogP contribution in [-0.4, -0.2) is 39.3 Å². The van der Waals surface area contributed by atoms with Gasteiger partial charge in [-0.3, -0.25) is 9.89 Å². The van der Waals surface area contributed by atoms with E-state index >= 15 is 0 Å². The van der Waals surface area contributed by atoms with Crippen LogP contribution in [0.2, 0.25) is 0 Å². The average molecular weight is 329 g/mol. The van der Waals surface area contributed by atoms with Crippen LogP contribution in [0, 0.1) is 0 Å². The summed E-state index contributed by atoms with van der Waals surface area (Å²) in [5.74, 6) is -0.664. The van der Waals surface area contributed by atoms with E-state index in [0.29, 0.717) is 25.0 Å². The van der Waals surface area contributed by atoms with Crippen LogP contribution in [0.3, 0.4) is 0 Å². The molecule has 1 saturated heterocycles. The van der Waals surface area contributed by atoms with Crippen LogP contribution in [0.15, 0.2) is 16.7 Å². The van der Waals surface area contributed by atoms with E-state index in [2.05, 4.69) is 19.9 Å². The molecule has 1 atom stereocenters.